The van der Waals surface area contributed by atoms with E-state index in [9.17, 15) is 0 Å². The van der Waals surface area contributed by atoms with Crippen molar-refractivity contribution < 1.29 is 0 Å². The second-order valence-electron chi connectivity index (χ2n) is 5.87. The zero-order chi connectivity index (χ0) is 14.8. The van der Waals surface area contributed by atoms with Gasteiger partial charge in [0, 0.05) is 5.69 Å². The van der Waals surface area contributed by atoms with Crippen LogP contribution in [-0.2, 0) is 0 Å². The van der Waals surface area contributed by atoms with E-state index in [0.29, 0.717) is 5.92 Å². The molecule has 2 aromatic carbocycles. The van der Waals surface area contributed by atoms with Crippen LogP contribution in [0.5, 0.6) is 0 Å². The molecule has 3 rings (SSSR count). The monoisotopic (exact) mass is 279 g/mol. The fourth-order valence-electron chi connectivity index (χ4n) is 2.76. The van der Waals surface area contributed by atoms with Crippen molar-refractivity contribution in [2.24, 2.45) is 11.7 Å². The lowest BCUT2D eigenvalue weighted by atomic mass is 10.0. The minimum absolute atomic E-state index is 0.0578. The third-order valence-corrected chi connectivity index (χ3v) is 3.66. The van der Waals surface area contributed by atoms with Crippen molar-refractivity contribution in [3.63, 3.8) is 0 Å². The first kappa shape index (κ1) is 13.8. The summed E-state index contributed by atoms with van der Waals surface area (Å²) in [4.78, 5) is 4.78. The van der Waals surface area contributed by atoms with Crippen LogP contribution in [0.1, 0.15) is 32.1 Å². The number of hydrogen-bond acceptors (Lipinski definition) is 2. The van der Waals surface area contributed by atoms with Gasteiger partial charge in [0.15, 0.2) is 0 Å². The fraction of sp³-hybridized carbons (Fsp3) is 0.278. The van der Waals surface area contributed by atoms with Crippen molar-refractivity contribution in [1.82, 2.24) is 9.55 Å². The van der Waals surface area contributed by atoms with Crippen LogP contribution in [0, 0.1) is 5.92 Å². The summed E-state index contributed by atoms with van der Waals surface area (Å²) < 4.78 is 2.18. The highest BCUT2D eigenvalue weighted by Crippen LogP contribution is 2.27. The average Bonchev–Trinajstić information content (AvgIpc) is 2.87. The summed E-state index contributed by atoms with van der Waals surface area (Å²) in [5, 5.41) is 0. The Kier molecular flexibility index (Phi) is 3.76. The lowest BCUT2D eigenvalue weighted by Gasteiger charge is -2.16. The highest BCUT2D eigenvalue weighted by molar-refractivity contribution is 5.78. The molecule has 1 unspecified atom stereocenters. The van der Waals surface area contributed by atoms with Crippen molar-refractivity contribution in [2.45, 2.75) is 26.3 Å². The molecular formula is C18H21N3. The summed E-state index contributed by atoms with van der Waals surface area (Å²) in [5.74, 6) is 1.49. The molecular weight excluding hydrogens is 258 g/mol. The Morgan fingerprint density at radius 1 is 1.00 bits per heavy atom. The second kappa shape index (κ2) is 5.70. The Morgan fingerprint density at radius 3 is 2.38 bits per heavy atom. The summed E-state index contributed by atoms with van der Waals surface area (Å²) in [6.45, 7) is 4.38. The predicted octanol–water partition coefficient (Wildman–Crippen LogP) is 4.07. The first-order chi connectivity index (χ1) is 10.2. The quantitative estimate of drug-likeness (QED) is 0.782. The maximum atomic E-state index is 6.41. The maximum Gasteiger partial charge on any atom is 0.131 e. The molecule has 0 spiro atoms. The van der Waals surface area contributed by atoms with Crippen LogP contribution in [0.25, 0.3) is 16.7 Å². The minimum Gasteiger partial charge on any atom is -0.321 e. The molecule has 0 aliphatic carbocycles. The van der Waals surface area contributed by atoms with Gasteiger partial charge in [-0.25, -0.2) is 4.98 Å². The molecule has 0 saturated carbocycles. The van der Waals surface area contributed by atoms with Gasteiger partial charge in [0.2, 0.25) is 0 Å². The lowest BCUT2D eigenvalue weighted by molar-refractivity contribution is 0.490. The van der Waals surface area contributed by atoms with Gasteiger partial charge >= 0.3 is 0 Å². The van der Waals surface area contributed by atoms with E-state index < -0.39 is 0 Å². The van der Waals surface area contributed by atoms with E-state index in [1.807, 2.05) is 36.4 Å². The minimum atomic E-state index is -0.0578. The molecule has 0 saturated heterocycles. The molecule has 0 aliphatic rings. The van der Waals surface area contributed by atoms with Gasteiger partial charge in [-0.1, -0.05) is 44.2 Å². The van der Waals surface area contributed by atoms with Gasteiger partial charge < -0.3 is 5.73 Å². The number of para-hydroxylation sites is 3. The van der Waals surface area contributed by atoms with Crippen LogP contribution in [-0.4, -0.2) is 9.55 Å². The van der Waals surface area contributed by atoms with E-state index in [1.165, 1.54) is 0 Å². The third kappa shape index (κ3) is 2.69. The van der Waals surface area contributed by atoms with Crippen LogP contribution in [0.4, 0.5) is 0 Å². The first-order valence-electron chi connectivity index (χ1n) is 7.45. The van der Waals surface area contributed by atoms with Gasteiger partial charge in [-0.05, 0) is 36.6 Å². The van der Waals surface area contributed by atoms with Crippen LogP contribution in [0.3, 0.4) is 0 Å². The van der Waals surface area contributed by atoms with Crippen LogP contribution in [0.15, 0.2) is 54.6 Å². The van der Waals surface area contributed by atoms with Crippen molar-refractivity contribution in [2.75, 3.05) is 0 Å². The summed E-state index contributed by atoms with van der Waals surface area (Å²) in [7, 11) is 0. The first-order valence-corrected chi connectivity index (χ1v) is 7.45. The molecule has 0 radical (unpaired) electrons. The van der Waals surface area contributed by atoms with Crippen LogP contribution in [0.2, 0.25) is 0 Å². The Morgan fingerprint density at radius 2 is 1.67 bits per heavy atom. The molecule has 0 amide bonds. The Bertz CT molecular complexity index is 729. The standard InChI is InChI=1S/C18H21N3/c1-13(2)12-15(19)18-20-16-10-6-7-11-17(16)21(18)14-8-4-3-5-9-14/h3-11,13,15H,12,19H2,1-2H3. The van der Waals surface area contributed by atoms with Gasteiger partial charge in [0.05, 0.1) is 17.1 Å². The van der Waals surface area contributed by atoms with E-state index >= 15 is 0 Å². The third-order valence-electron chi connectivity index (χ3n) is 3.66. The van der Waals surface area contributed by atoms with E-state index in [1.54, 1.807) is 0 Å². The zero-order valence-corrected chi connectivity index (χ0v) is 12.5. The summed E-state index contributed by atoms with van der Waals surface area (Å²) in [5.41, 5.74) is 9.63. The van der Waals surface area contributed by atoms with E-state index in [0.717, 1.165) is 29.0 Å². The fourth-order valence-corrected chi connectivity index (χ4v) is 2.76. The summed E-state index contributed by atoms with van der Waals surface area (Å²) >= 11 is 0. The van der Waals surface area contributed by atoms with Crippen molar-refractivity contribution >= 4 is 11.0 Å². The molecule has 2 N–H and O–H groups in total. The SMILES string of the molecule is CC(C)CC(N)c1nc2ccccc2n1-c1ccccc1. The van der Waals surface area contributed by atoms with Gasteiger partial charge in [-0.2, -0.15) is 0 Å². The lowest BCUT2D eigenvalue weighted by Crippen LogP contribution is -2.18. The molecule has 108 valence electrons. The smallest absolute Gasteiger partial charge is 0.131 e. The second-order valence-corrected chi connectivity index (χ2v) is 5.87. The zero-order valence-electron chi connectivity index (χ0n) is 12.5. The van der Waals surface area contributed by atoms with Gasteiger partial charge in [-0.3, -0.25) is 4.57 Å². The molecule has 3 aromatic rings. The molecule has 0 fully saturated rings. The average molecular weight is 279 g/mol. The number of benzene rings is 2. The molecule has 1 heterocycles. The molecule has 1 atom stereocenters. The van der Waals surface area contributed by atoms with Crippen molar-refractivity contribution in [1.29, 1.82) is 0 Å². The Balaban J connectivity index is 2.19. The molecule has 3 nitrogen and oxygen atoms in total. The number of imidazole rings is 1. The molecule has 0 aliphatic heterocycles. The largest absolute Gasteiger partial charge is 0.321 e. The van der Waals surface area contributed by atoms with E-state index in [2.05, 4.69) is 36.6 Å². The Hall–Kier alpha value is -2.13. The summed E-state index contributed by atoms with van der Waals surface area (Å²) in [6.07, 6.45) is 0.927. The number of rotatable bonds is 4. The van der Waals surface area contributed by atoms with Crippen molar-refractivity contribution in [3.05, 3.63) is 60.4 Å². The van der Waals surface area contributed by atoms with E-state index in [-0.39, 0.29) is 6.04 Å². The highest BCUT2D eigenvalue weighted by atomic mass is 15.1. The molecule has 21 heavy (non-hydrogen) atoms. The number of nitrogens with zero attached hydrogens (tertiary/aromatic N) is 2. The van der Waals surface area contributed by atoms with Gasteiger partial charge in [0.25, 0.3) is 0 Å². The maximum absolute atomic E-state index is 6.41. The van der Waals surface area contributed by atoms with Crippen LogP contribution < -0.4 is 5.73 Å². The number of nitrogens with two attached hydrogens (primary N) is 1. The molecule has 0 bridgehead atoms. The van der Waals surface area contributed by atoms with Crippen molar-refractivity contribution in [3.8, 4) is 5.69 Å². The normalized spacial score (nSPS) is 13.0. The number of fused-ring (bicyclic) bond motifs is 1. The Labute approximate surface area is 125 Å². The van der Waals surface area contributed by atoms with Gasteiger partial charge in [-0.15, -0.1) is 0 Å². The number of hydrogen-bond donors (Lipinski definition) is 1. The van der Waals surface area contributed by atoms with Gasteiger partial charge in [0.1, 0.15) is 5.82 Å². The van der Waals surface area contributed by atoms with E-state index in [4.69, 9.17) is 10.7 Å². The topological polar surface area (TPSA) is 43.8 Å². The predicted molar refractivity (Wildman–Crippen MR) is 87.5 cm³/mol. The molecule has 1 aromatic heterocycles. The summed E-state index contributed by atoms with van der Waals surface area (Å²) in [6, 6.07) is 18.4. The van der Waals surface area contributed by atoms with Crippen LogP contribution >= 0.6 is 0 Å². The highest BCUT2D eigenvalue weighted by Gasteiger charge is 2.18. The molecule has 3 heteroatoms. The number of aromatic nitrogens is 2.